The molecule has 0 bridgehead atoms. The van der Waals surface area contributed by atoms with Crippen LogP contribution in [0.1, 0.15) is 18.5 Å². The van der Waals surface area contributed by atoms with Gasteiger partial charge in [-0.2, -0.15) is 0 Å². The first kappa shape index (κ1) is 17.0. The second kappa shape index (κ2) is 6.82. The Kier molecular flexibility index (Phi) is 5.05. The Bertz CT molecular complexity index is 811. The van der Waals surface area contributed by atoms with Crippen LogP contribution in [0, 0.1) is 11.6 Å². The van der Waals surface area contributed by atoms with Crippen LogP contribution in [0.5, 0.6) is 0 Å². The number of carbonyl (C=O) groups is 1. The molecule has 0 radical (unpaired) electrons. The smallest absolute Gasteiger partial charge is 0.236 e. The summed E-state index contributed by atoms with van der Waals surface area (Å²) in [6, 6.07) is 6.48. The largest absolute Gasteiger partial charge is 0.349 e. The number of sulfone groups is 1. The first-order chi connectivity index (χ1) is 10.8. The molecule has 122 valence electrons. The van der Waals surface area contributed by atoms with Gasteiger partial charge in [0.05, 0.1) is 6.04 Å². The average molecular weight is 340 g/mol. The van der Waals surface area contributed by atoms with Gasteiger partial charge in [-0.15, -0.1) is 0 Å². The zero-order chi connectivity index (χ0) is 17.0. The first-order valence-electron chi connectivity index (χ1n) is 6.67. The number of pyridine rings is 1. The highest BCUT2D eigenvalue weighted by Crippen LogP contribution is 2.18. The molecule has 1 N–H and O–H groups in total. The molecule has 0 fully saturated rings. The lowest BCUT2D eigenvalue weighted by molar-refractivity contribution is -0.119. The van der Waals surface area contributed by atoms with Crippen molar-refractivity contribution in [3.05, 3.63) is 59.8 Å². The number of aromatic nitrogens is 1. The molecule has 0 aliphatic carbocycles. The van der Waals surface area contributed by atoms with Gasteiger partial charge in [-0.05, 0) is 25.1 Å². The van der Waals surface area contributed by atoms with Gasteiger partial charge < -0.3 is 5.32 Å². The van der Waals surface area contributed by atoms with E-state index in [1.54, 1.807) is 6.07 Å². The molecular weight excluding hydrogens is 326 g/mol. The topological polar surface area (TPSA) is 76.1 Å². The monoisotopic (exact) mass is 340 g/mol. The van der Waals surface area contributed by atoms with E-state index in [1.807, 2.05) is 0 Å². The Morgan fingerprint density at radius 3 is 2.61 bits per heavy atom. The summed E-state index contributed by atoms with van der Waals surface area (Å²) in [4.78, 5) is 15.6. The molecule has 1 unspecified atom stereocenters. The van der Waals surface area contributed by atoms with E-state index in [4.69, 9.17) is 0 Å². The van der Waals surface area contributed by atoms with E-state index in [1.165, 1.54) is 31.3 Å². The molecule has 1 aromatic heterocycles. The summed E-state index contributed by atoms with van der Waals surface area (Å²) in [5.41, 5.74) is 0.0648. The number of nitrogens with one attached hydrogen (secondary N) is 1. The number of benzene rings is 1. The molecule has 2 aromatic rings. The number of nitrogens with zero attached hydrogens (tertiary/aromatic N) is 1. The highest BCUT2D eigenvalue weighted by molar-refractivity contribution is 7.92. The van der Waals surface area contributed by atoms with E-state index in [0.717, 1.165) is 6.07 Å². The highest BCUT2D eigenvalue weighted by Gasteiger charge is 2.22. The molecule has 1 aromatic carbocycles. The molecule has 0 aliphatic heterocycles. The molecule has 0 spiro atoms. The van der Waals surface area contributed by atoms with Gasteiger partial charge in [0.1, 0.15) is 17.4 Å². The van der Waals surface area contributed by atoms with Gasteiger partial charge >= 0.3 is 0 Å². The molecular formula is C15H14F2N2O3S. The van der Waals surface area contributed by atoms with Crippen LogP contribution in [0.4, 0.5) is 8.78 Å². The number of hydrogen-bond donors (Lipinski definition) is 1. The zero-order valence-corrected chi connectivity index (χ0v) is 13.0. The van der Waals surface area contributed by atoms with Gasteiger partial charge in [-0.1, -0.05) is 12.1 Å². The molecule has 1 heterocycles. The van der Waals surface area contributed by atoms with Crippen molar-refractivity contribution in [1.29, 1.82) is 0 Å². The normalized spacial score (nSPS) is 12.7. The number of carbonyl (C=O) groups excluding carboxylic acids is 1. The highest BCUT2D eigenvalue weighted by atomic mass is 32.2. The molecule has 8 heteroatoms. The van der Waals surface area contributed by atoms with Crippen molar-refractivity contribution in [2.24, 2.45) is 0 Å². The lowest BCUT2D eigenvalue weighted by atomic mass is 10.1. The van der Waals surface area contributed by atoms with Crippen molar-refractivity contribution in [3.63, 3.8) is 0 Å². The molecule has 2 rings (SSSR count). The third kappa shape index (κ3) is 4.32. The van der Waals surface area contributed by atoms with Crippen LogP contribution < -0.4 is 5.32 Å². The van der Waals surface area contributed by atoms with Crippen molar-refractivity contribution in [3.8, 4) is 0 Å². The second-order valence-electron chi connectivity index (χ2n) is 4.88. The average Bonchev–Trinajstić information content (AvgIpc) is 2.47. The summed E-state index contributed by atoms with van der Waals surface area (Å²) in [7, 11) is -3.88. The van der Waals surface area contributed by atoms with Gasteiger partial charge in [-0.3, -0.25) is 4.79 Å². The van der Waals surface area contributed by atoms with Crippen LogP contribution in [0.2, 0.25) is 0 Å². The molecule has 1 amide bonds. The summed E-state index contributed by atoms with van der Waals surface area (Å²) >= 11 is 0. The predicted molar refractivity (Wildman–Crippen MR) is 79.2 cm³/mol. The second-order valence-corrected chi connectivity index (χ2v) is 6.82. The van der Waals surface area contributed by atoms with E-state index >= 15 is 0 Å². The molecule has 1 atom stereocenters. The lowest BCUT2D eigenvalue weighted by Gasteiger charge is -2.15. The summed E-state index contributed by atoms with van der Waals surface area (Å²) in [5, 5.41) is 2.16. The summed E-state index contributed by atoms with van der Waals surface area (Å²) < 4.78 is 50.6. The fourth-order valence-electron chi connectivity index (χ4n) is 1.99. The maximum absolute atomic E-state index is 13.6. The Morgan fingerprint density at radius 2 is 2.00 bits per heavy atom. The van der Waals surface area contributed by atoms with Crippen LogP contribution >= 0.6 is 0 Å². The van der Waals surface area contributed by atoms with Crippen LogP contribution in [-0.4, -0.2) is 25.1 Å². The quantitative estimate of drug-likeness (QED) is 0.903. The Morgan fingerprint density at radius 1 is 1.26 bits per heavy atom. The standard InChI is InChI=1S/C15H14F2N2O3S/c1-10(12-6-5-11(16)8-13(12)17)19-14(20)9-23(21,22)15-4-2-3-7-18-15/h2-8,10H,9H2,1H3,(H,19,20). The van der Waals surface area contributed by atoms with Crippen molar-refractivity contribution >= 4 is 15.7 Å². The molecule has 23 heavy (non-hydrogen) atoms. The van der Waals surface area contributed by atoms with Crippen LogP contribution in [-0.2, 0) is 14.6 Å². The Balaban J connectivity index is 2.07. The SMILES string of the molecule is CC(NC(=O)CS(=O)(=O)c1ccccn1)c1ccc(F)cc1F. The predicted octanol–water partition coefficient (Wildman–Crippen LogP) is 2.01. The van der Waals surface area contributed by atoms with Crippen molar-refractivity contribution in [2.45, 2.75) is 18.0 Å². The number of hydrogen-bond acceptors (Lipinski definition) is 4. The number of halogens is 2. The van der Waals surface area contributed by atoms with Gasteiger partial charge in [0.15, 0.2) is 5.03 Å². The molecule has 0 aliphatic rings. The summed E-state index contributed by atoms with van der Waals surface area (Å²) in [6.45, 7) is 1.47. The van der Waals surface area contributed by atoms with E-state index in [-0.39, 0.29) is 10.6 Å². The Hall–Kier alpha value is -2.35. The van der Waals surface area contributed by atoms with Gasteiger partial charge in [0.25, 0.3) is 0 Å². The third-order valence-electron chi connectivity index (χ3n) is 3.08. The first-order valence-corrected chi connectivity index (χ1v) is 8.33. The molecule has 0 saturated heterocycles. The molecule has 0 saturated carbocycles. The summed E-state index contributed by atoms with van der Waals surface area (Å²) in [6.07, 6.45) is 1.31. The molecule has 5 nitrogen and oxygen atoms in total. The minimum Gasteiger partial charge on any atom is -0.349 e. The van der Waals surface area contributed by atoms with Gasteiger partial charge in [0, 0.05) is 17.8 Å². The maximum atomic E-state index is 13.6. The Labute approximate surface area is 132 Å². The fourth-order valence-corrected chi connectivity index (χ4v) is 3.07. The fraction of sp³-hybridized carbons (Fsp3) is 0.200. The zero-order valence-electron chi connectivity index (χ0n) is 12.2. The van der Waals surface area contributed by atoms with Crippen molar-refractivity contribution < 1.29 is 22.0 Å². The number of amides is 1. The summed E-state index contributed by atoms with van der Waals surface area (Å²) in [5.74, 6) is -3.16. The van der Waals surface area contributed by atoms with Crippen molar-refractivity contribution in [2.75, 3.05) is 5.75 Å². The van der Waals surface area contributed by atoms with E-state index < -0.39 is 39.2 Å². The van der Waals surface area contributed by atoms with Crippen LogP contribution in [0.3, 0.4) is 0 Å². The van der Waals surface area contributed by atoms with Gasteiger partial charge in [0.2, 0.25) is 15.7 Å². The maximum Gasteiger partial charge on any atom is 0.236 e. The number of rotatable bonds is 5. The van der Waals surface area contributed by atoms with Crippen LogP contribution in [0.25, 0.3) is 0 Å². The van der Waals surface area contributed by atoms with E-state index in [2.05, 4.69) is 10.3 Å². The minimum absolute atomic E-state index is 0.0648. The van der Waals surface area contributed by atoms with Crippen molar-refractivity contribution in [1.82, 2.24) is 10.3 Å². The van der Waals surface area contributed by atoms with E-state index in [9.17, 15) is 22.0 Å². The van der Waals surface area contributed by atoms with E-state index in [0.29, 0.717) is 6.07 Å². The van der Waals surface area contributed by atoms with Crippen LogP contribution in [0.15, 0.2) is 47.6 Å². The van der Waals surface area contributed by atoms with Gasteiger partial charge in [-0.25, -0.2) is 22.2 Å². The minimum atomic E-state index is -3.88. The third-order valence-corrected chi connectivity index (χ3v) is 4.61. The lowest BCUT2D eigenvalue weighted by Crippen LogP contribution is -2.33.